The van der Waals surface area contributed by atoms with Gasteiger partial charge in [0.1, 0.15) is 6.54 Å². The Morgan fingerprint density at radius 1 is 1.40 bits per heavy atom. The molecule has 0 bridgehead atoms. The molecule has 1 fully saturated rings. The number of nitrogen functional groups attached to an aromatic ring is 1. The van der Waals surface area contributed by atoms with E-state index in [1.54, 1.807) is 4.68 Å². The molecule has 1 saturated heterocycles. The number of amides is 1. The summed E-state index contributed by atoms with van der Waals surface area (Å²) in [6.07, 6.45) is 0. The summed E-state index contributed by atoms with van der Waals surface area (Å²) in [4.78, 5) is 16.7. The van der Waals surface area contributed by atoms with Gasteiger partial charge in [-0.2, -0.15) is 5.10 Å². The number of aryl methyl sites for hydroxylation is 1. The minimum absolute atomic E-state index is 0.123. The van der Waals surface area contributed by atoms with Gasteiger partial charge in [-0.3, -0.25) is 14.4 Å². The summed E-state index contributed by atoms with van der Waals surface area (Å²) < 4.78 is 1.71. The zero-order chi connectivity index (χ0) is 14.9. The third kappa shape index (κ3) is 2.80. The molecular weight excluding hydrogens is 254 g/mol. The molecule has 1 aliphatic heterocycles. The van der Waals surface area contributed by atoms with Crippen molar-refractivity contribution in [3.63, 3.8) is 0 Å². The third-order valence-corrected chi connectivity index (χ3v) is 4.25. The van der Waals surface area contributed by atoms with Crippen LogP contribution in [0.3, 0.4) is 0 Å². The van der Waals surface area contributed by atoms with Gasteiger partial charge < -0.3 is 10.6 Å². The Balaban J connectivity index is 2.00. The van der Waals surface area contributed by atoms with Crippen LogP contribution in [-0.2, 0) is 11.3 Å². The SMILES string of the molecule is CCN1CCN(C(=O)Cn2nc(C)c(N)c2C)CC1C. The Labute approximate surface area is 120 Å². The van der Waals surface area contributed by atoms with Crippen molar-refractivity contribution in [3.8, 4) is 0 Å². The number of nitrogens with two attached hydrogens (primary N) is 1. The van der Waals surface area contributed by atoms with Crippen molar-refractivity contribution in [2.24, 2.45) is 0 Å². The molecule has 0 spiro atoms. The van der Waals surface area contributed by atoms with Gasteiger partial charge in [-0.1, -0.05) is 6.92 Å². The molecule has 0 radical (unpaired) electrons. The van der Waals surface area contributed by atoms with Gasteiger partial charge in [-0.15, -0.1) is 0 Å². The average Bonchev–Trinajstić information content (AvgIpc) is 2.66. The molecule has 20 heavy (non-hydrogen) atoms. The van der Waals surface area contributed by atoms with E-state index in [4.69, 9.17) is 5.73 Å². The van der Waals surface area contributed by atoms with Crippen LogP contribution in [0.5, 0.6) is 0 Å². The van der Waals surface area contributed by atoms with E-state index in [2.05, 4.69) is 23.8 Å². The van der Waals surface area contributed by atoms with Crippen LogP contribution in [0, 0.1) is 13.8 Å². The highest BCUT2D eigenvalue weighted by molar-refractivity contribution is 5.76. The molecule has 6 heteroatoms. The van der Waals surface area contributed by atoms with Gasteiger partial charge in [0, 0.05) is 25.7 Å². The summed E-state index contributed by atoms with van der Waals surface area (Å²) in [6, 6.07) is 0.420. The van der Waals surface area contributed by atoms with Crippen molar-refractivity contribution in [1.82, 2.24) is 19.6 Å². The van der Waals surface area contributed by atoms with Crippen molar-refractivity contribution < 1.29 is 4.79 Å². The maximum absolute atomic E-state index is 12.4. The lowest BCUT2D eigenvalue weighted by atomic mass is 10.2. The van der Waals surface area contributed by atoms with Gasteiger partial charge in [0.05, 0.1) is 17.1 Å². The van der Waals surface area contributed by atoms with Crippen LogP contribution in [0.15, 0.2) is 0 Å². The van der Waals surface area contributed by atoms with Crippen LogP contribution in [0.25, 0.3) is 0 Å². The Morgan fingerprint density at radius 2 is 2.10 bits per heavy atom. The molecule has 2 rings (SSSR count). The van der Waals surface area contributed by atoms with Gasteiger partial charge >= 0.3 is 0 Å². The molecule has 1 unspecified atom stereocenters. The quantitative estimate of drug-likeness (QED) is 0.881. The highest BCUT2D eigenvalue weighted by Crippen LogP contribution is 2.15. The molecule has 0 aliphatic carbocycles. The second kappa shape index (κ2) is 5.83. The number of nitrogens with zero attached hydrogens (tertiary/aromatic N) is 4. The summed E-state index contributed by atoms with van der Waals surface area (Å²) in [7, 11) is 0. The molecule has 1 aliphatic rings. The Bertz CT molecular complexity index is 496. The van der Waals surface area contributed by atoms with Gasteiger partial charge in [-0.05, 0) is 27.3 Å². The average molecular weight is 279 g/mol. The maximum Gasteiger partial charge on any atom is 0.244 e. The number of hydrogen-bond donors (Lipinski definition) is 1. The van der Waals surface area contributed by atoms with Crippen molar-refractivity contribution >= 4 is 11.6 Å². The molecular formula is C14H25N5O. The van der Waals surface area contributed by atoms with Crippen molar-refractivity contribution in [2.45, 2.75) is 40.3 Å². The first-order chi connectivity index (χ1) is 9.43. The summed E-state index contributed by atoms with van der Waals surface area (Å²) in [5.74, 6) is 0.123. The lowest BCUT2D eigenvalue weighted by Gasteiger charge is -2.39. The Morgan fingerprint density at radius 3 is 2.60 bits per heavy atom. The predicted octanol–water partition coefficient (Wildman–Crippen LogP) is 0.635. The van der Waals surface area contributed by atoms with E-state index < -0.39 is 0 Å². The highest BCUT2D eigenvalue weighted by Gasteiger charge is 2.26. The largest absolute Gasteiger partial charge is 0.396 e. The van der Waals surface area contributed by atoms with Gasteiger partial charge in [-0.25, -0.2) is 0 Å². The number of likely N-dealkylation sites (N-methyl/N-ethyl adjacent to an activating group) is 1. The first kappa shape index (κ1) is 14.8. The van der Waals surface area contributed by atoms with Crippen LogP contribution in [0.4, 0.5) is 5.69 Å². The molecule has 1 atom stereocenters. The smallest absolute Gasteiger partial charge is 0.244 e. The maximum atomic E-state index is 12.4. The molecule has 2 heterocycles. The van der Waals surface area contributed by atoms with Crippen molar-refractivity contribution in [2.75, 3.05) is 31.9 Å². The summed E-state index contributed by atoms with van der Waals surface area (Å²) in [5.41, 5.74) is 8.25. The van der Waals surface area contributed by atoms with E-state index in [1.807, 2.05) is 18.7 Å². The second-order valence-corrected chi connectivity index (χ2v) is 5.56. The van der Waals surface area contributed by atoms with Crippen molar-refractivity contribution in [1.29, 1.82) is 0 Å². The lowest BCUT2D eigenvalue weighted by Crippen LogP contribution is -2.54. The normalized spacial score (nSPS) is 20.4. The van der Waals surface area contributed by atoms with Crippen molar-refractivity contribution in [3.05, 3.63) is 11.4 Å². The molecule has 0 aromatic carbocycles. The molecule has 112 valence electrons. The van der Waals surface area contributed by atoms with Crippen LogP contribution < -0.4 is 5.73 Å². The topological polar surface area (TPSA) is 67.4 Å². The fraction of sp³-hybridized carbons (Fsp3) is 0.714. The zero-order valence-corrected chi connectivity index (χ0v) is 12.9. The van der Waals surface area contributed by atoms with Gasteiger partial charge in [0.15, 0.2) is 0 Å². The van der Waals surface area contributed by atoms with Gasteiger partial charge in [0.2, 0.25) is 5.91 Å². The van der Waals surface area contributed by atoms with E-state index in [0.29, 0.717) is 11.7 Å². The molecule has 0 saturated carbocycles. The van der Waals surface area contributed by atoms with E-state index in [-0.39, 0.29) is 12.5 Å². The minimum Gasteiger partial charge on any atom is -0.396 e. The van der Waals surface area contributed by atoms with E-state index >= 15 is 0 Å². The number of rotatable bonds is 3. The lowest BCUT2D eigenvalue weighted by molar-refractivity contribution is -0.134. The van der Waals surface area contributed by atoms with Crippen LogP contribution in [0.2, 0.25) is 0 Å². The Kier molecular flexibility index (Phi) is 4.32. The van der Waals surface area contributed by atoms with Crippen LogP contribution in [-0.4, -0.2) is 57.7 Å². The molecule has 6 nitrogen and oxygen atoms in total. The standard InChI is InChI=1S/C14H25N5O/c1-5-17-6-7-18(8-10(17)2)13(20)9-19-12(4)14(15)11(3)16-19/h10H,5-9,15H2,1-4H3. The van der Waals surface area contributed by atoms with E-state index in [9.17, 15) is 4.79 Å². The third-order valence-electron chi connectivity index (χ3n) is 4.25. The molecule has 1 amide bonds. The number of anilines is 1. The van der Waals surface area contributed by atoms with E-state index in [1.165, 1.54) is 0 Å². The fourth-order valence-electron chi connectivity index (χ4n) is 2.78. The Hall–Kier alpha value is -1.56. The second-order valence-electron chi connectivity index (χ2n) is 5.56. The predicted molar refractivity (Wildman–Crippen MR) is 79.4 cm³/mol. The summed E-state index contributed by atoms with van der Waals surface area (Å²) in [6.45, 7) is 12.0. The van der Waals surface area contributed by atoms with Gasteiger partial charge in [0.25, 0.3) is 0 Å². The van der Waals surface area contributed by atoms with E-state index in [0.717, 1.165) is 37.6 Å². The number of aromatic nitrogens is 2. The minimum atomic E-state index is 0.123. The molecule has 2 N–H and O–H groups in total. The highest BCUT2D eigenvalue weighted by atomic mass is 16.2. The van der Waals surface area contributed by atoms with Crippen LogP contribution in [0.1, 0.15) is 25.2 Å². The number of piperazine rings is 1. The number of carbonyl (C=O) groups is 1. The first-order valence-electron chi connectivity index (χ1n) is 7.25. The number of hydrogen-bond acceptors (Lipinski definition) is 4. The fourth-order valence-corrected chi connectivity index (χ4v) is 2.78. The van der Waals surface area contributed by atoms with Crippen LogP contribution >= 0.6 is 0 Å². The summed E-state index contributed by atoms with van der Waals surface area (Å²) in [5, 5.41) is 4.33. The monoisotopic (exact) mass is 279 g/mol. The first-order valence-corrected chi connectivity index (χ1v) is 7.25. The molecule has 1 aromatic heterocycles. The molecule has 1 aromatic rings. The summed E-state index contributed by atoms with van der Waals surface area (Å²) >= 11 is 0. The zero-order valence-electron chi connectivity index (χ0n) is 12.9. The number of carbonyl (C=O) groups excluding carboxylic acids is 1.